The zero-order valence-electron chi connectivity index (χ0n) is 52.3. The van der Waals surface area contributed by atoms with Crippen molar-refractivity contribution in [2.45, 2.75) is 121 Å². The Labute approximate surface area is 562 Å². The third-order valence-electron chi connectivity index (χ3n) is 16.4. The third kappa shape index (κ3) is 16.2. The number of aromatic amines is 1. The lowest BCUT2D eigenvalue weighted by molar-refractivity contribution is -0.131. The molecule has 35 heteroatoms. The Balaban J connectivity index is 0.619. The van der Waals surface area contributed by atoms with Gasteiger partial charge in [-0.25, -0.2) is 38.1 Å². The van der Waals surface area contributed by atoms with E-state index in [1.807, 2.05) is 48.5 Å². The van der Waals surface area contributed by atoms with Crippen molar-refractivity contribution < 1.29 is 84.4 Å². The second kappa shape index (κ2) is 29.9. The maximum absolute atomic E-state index is 16.8. The maximum atomic E-state index is 16.8. The number of imidazole rings is 1. The SMILES string of the molecule is CC(C)[C@H](NC(=O)CCC(=O)N1Cc2ccccc2C#Cc2ccccc21)C(=O)C[C@@H](C)C(=O)Nc1ccc(COC(=O)N(C)CCCC(=O)Nc2ncnc3c2ncn3[C@@H]2O[C@@H]3COP(O)(=S)O[C@@H]4[C@H](O)[C@@H](COP(=O)(S)O[C@H]3[C@H]2F)O[C@H]4n2cc(F)c3c(=O)[nH]cnc32)cc1. The van der Waals surface area contributed by atoms with Crippen molar-refractivity contribution in [3.8, 4) is 11.8 Å². The molecule has 12 atom stereocenters. The van der Waals surface area contributed by atoms with E-state index in [2.05, 4.69) is 65.0 Å². The average Bonchev–Trinajstić information content (AvgIpc) is 1.62. The molecule has 2 unspecified atom stereocenters. The van der Waals surface area contributed by atoms with Crippen LogP contribution in [0.3, 0.4) is 0 Å². The van der Waals surface area contributed by atoms with Crippen molar-refractivity contribution in [3.05, 3.63) is 136 Å². The van der Waals surface area contributed by atoms with Crippen molar-refractivity contribution in [1.82, 2.24) is 44.3 Å². The lowest BCUT2D eigenvalue weighted by Gasteiger charge is -2.27. The van der Waals surface area contributed by atoms with Crippen molar-refractivity contribution >= 4 is 112 Å². The number of ether oxygens (including phenoxy) is 3. The molecule has 3 aromatic carbocycles. The standard InChI is InChI=1S/C62H66F2N12O17P2S2/c1-33(2)50(71-46(79)21-22-47(80)74-25-38-12-6-5-10-36(38)17-18-37-11-7-8-13-41(37)74)42(77)24-34(3)58(82)70-39-19-15-35(16-20-39)27-87-62(84)73(4)23-9-14-45(78)72-55-51-57(67-30-65-55)76(32-69-51)60-49(64)53-44(91-60)29-89-95(86,97)93-54-52(81)43(28-88-94(85,96)92-53)90-61(54)75-26-40(63)48-56(75)66-31-68-59(48)83/h5-8,10-13,15-16,19-20,26,30-34,43-44,49-50,52-54,60-61,81H,9,14,21-25,27-29H2,1-4H3,(H,70,82)(H,71,79)(H,85,96)(H,86,97)(H,66,68,83)(H,65,67,72,78)/t34-,43-,44-,49-,50+,52-,53-,54-,60-,61-,94?,95?/m1/s1. The molecule has 0 spiro atoms. The minimum atomic E-state index is -4.60. The Morgan fingerprint density at radius 3 is 2.36 bits per heavy atom. The van der Waals surface area contributed by atoms with Crippen LogP contribution >= 0.6 is 25.8 Å². The highest BCUT2D eigenvalue weighted by molar-refractivity contribution is 8.44. The highest BCUT2D eigenvalue weighted by atomic mass is 32.7. The number of fused-ring (bicyclic) bond motifs is 7. The summed E-state index contributed by atoms with van der Waals surface area (Å²) in [6, 6.07) is 20.5. The highest BCUT2D eigenvalue weighted by Gasteiger charge is 2.54. The Kier molecular flexibility index (Phi) is 21.6. The van der Waals surface area contributed by atoms with Crippen molar-refractivity contribution in [1.29, 1.82) is 0 Å². The number of nitrogens with one attached hydrogen (secondary N) is 4. The molecular formula is C62H66F2N12O17P2S2. The van der Waals surface area contributed by atoms with Crippen molar-refractivity contribution in [2.75, 3.05) is 42.3 Å². The minimum absolute atomic E-state index is 0.00219. The van der Waals surface area contributed by atoms with E-state index in [-0.39, 0.29) is 92.0 Å². The number of H-pyrrole nitrogens is 1. The maximum Gasteiger partial charge on any atom is 0.409 e. The van der Waals surface area contributed by atoms with E-state index in [0.717, 1.165) is 45.4 Å². The fraction of sp³-hybridized carbons (Fsp3) is 0.403. The van der Waals surface area contributed by atoms with Crippen LogP contribution in [0.1, 0.15) is 87.6 Å². The van der Waals surface area contributed by atoms with Crippen LogP contribution in [0.25, 0.3) is 22.2 Å². The number of hydrogen-bond donors (Lipinski definition) is 7. The molecule has 0 radical (unpaired) electrons. The number of alkyl halides is 1. The number of ketones is 1. The third-order valence-corrected chi connectivity index (χ3v) is 19.6. The van der Waals surface area contributed by atoms with Gasteiger partial charge in [-0.05, 0) is 65.6 Å². The number of Topliss-reactive ketones (excluding diaryl/α,β-unsaturated/α-hetero) is 1. The lowest BCUT2D eigenvalue weighted by atomic mass is 9.92. The van der Waals surface area contributed by atoms with Gasteiger partial charge in [0.05, 0.1) is 44.1 Å². The fourth-order valence-electron chi connectivity index (χ4n) is 11.4. The van der Waals surface area contributed by atoms with Crippen LogP contribution in [-0.4, -0.2) is 154 Å². The summed E-state index contributed by atoms with van der Waals surface area (Å²) in [5, 5.41) is 19.1. The molecular weight excluding hydrogens is 1350 g/mol. The van der Waals surface area contributed by atoms with Crippen LogP contribution < -0.4 is 26.4 Å². The molecule has 6 N–H and O–H groups in total. The second-order valence-corrected chi connectivity index (χ2v) is 29.3. The number of aromatic nitrogens is 7. The number of aliphatic hydroxyl groups is 1. The van der Waals surface area contributed by atoms with Gasteiger partial charge >= 0.3 is 19.6 Å². The second-order valence-electron chi connectivity index (χ2n) is 23.7. The van der Waals surface area contributed by atoms with Crippen molar-refractivity contribution in [2.24, 2.45) is 11.8 Å². The molecule has 3 fully saturated rings. The van der Waals surface area contributed by atoms with Crippen LogP contribution in [0, 0.1) is 29.5 Å². The summed E-state index contributed by atoms with van der Waals surface area (Å²) in [6.07, 6.45) is -10.5. The Morgan fingerprint density at radius 1 is 0.866 bits per heavy atom. The number of thiol groups is 1. The molecule has 5 amide bonds. The number of rotatable bonds is 19. The van der Waals surface area contributed by atoms with Gasteiger partial charge in [0.25, 0.3) is 5.56 Å². The smallest absolute Gasteiger partial charge is 0.409 e. The first-order valence-corrected chi connectivity index (χ1v) is 35.8. The van der Waals surface area contributed by atoms with E-state index >= 15 is 8.78 Å². The molecule has 2 bridgehead atoms. The summed E-state index contributed by atoms with van der Waals surface area (Å²) in [4.78, 5) is 126. The lowest BCUT2D eigenvalue weighted by Crippen LogP contribution is -2.45. The van der Waals surface area contributed by atoms with Gasteiger partial charge in [0, 0.05) is 68.2 Å². The molecule has 4 aliphatic rings. The Morgan fingerprint density at radius 2 is 1.59 bits per heavy atom. The number of hydrogen-bond acceptors (Lipinski definition) is 21. The number of para-hydroxylation sites is 1. The van der Waals surface area contributed by atoms with Gasteiger partial charge in [0.2, 0.25) is 23.6 Å². The number of carbonyl (C=O) groups is 6. The predicted molar refractivity (Wildman–Crippen MR) is 350 cm³/mol. The Hall–Kier alpha value is -8.22. The Bertz CT molecular complexity index is 4400. The van der Waals surface area contributed by atoms with E-state index in [1.54, 1.807) is 49.9 Å². The zero-order chi connectivity index (χ0) is 69.0. The number of aliphatic hydroxyl groups excluding tert-OH is 1. The fourth-order valence-corrected chi connectivity index (χ4v) is 14.3. The molecule has 0 aliphatic carbocycles. The number of carbonyl (C=O) groups excluding carboxylic acids is 6. The van der Waals surface area contributed by atoms with E-state index in [4.69, 9.17) is 44.1 Å². The topological polar surface area (TPSA) is 361 Å². The number of nitrogens with zero attached hydrogens (tertiary/aromatic N) is 8. The molecule has 11 rings (SSSR count). The van der Waals surface area contributed by atoms with Gasteiger partial charge in [0.15, 0.2) is 52.9 Å². The monoisotopic (exact) mass is 1410 g/mol. The molecule has 29 nitrogen and oxygen atoms in total. The minimum Gasteiger partial charge on any atom is -0.445 e. The van der Waals surface area contributed by atoms with Crippen LogP contribution in [0.4, 0.5) is 30.8 Å². The number of amides is 5. The number of benzene rings is 3. The highest BCUT2D eigenvalue weighted by Crippen LogP contribution is 2.58. The van der Waals surface area contributed by atoms with Gasteiger partial charge in [-0.1, -0.05) is 87.3 Å². The van der Waals surface area contributed by atoms with Gasteiger partial charge in [-0.2, -0.15) is 0 Å². The first-order chi connectivity index (χ1) is 46.3. The van der Waals surface area contributed by atoms with Crippen molar-refractivity contribution in [3.63, 3.8) is 0 Å². The summed E-state index contributed by atoms with van der Waals surface area (Å²) in [5.41, 5.74) is 2.94. The molecule has 3 saturated heterocycles. The van der Waals surface area contributed by atoms with E-state index in [9.17, 15) is 48.1 Å². The largest absolute Gasteiger partial charge is 0.445 e. The quantitative estimate of drug-likeness (QED) is 0.0253. The van der Waals surface area contributed by atoms with Crippen LogP contribution in [0.15, 0.2) is 103 Å². The molecule has 7 aromatic rings. The van der Waals surface area contributed by atoms with E-state index in [0.29, 0.717) is 22.5 Å². The van der Waals surface area contributed by atoms with Crippen LogP contribution in [0.5, 0.6) is 0 Å². The molecule has 4 aliphatic heterocycles. The predicted octanol–water partition coefficient (Wildman–Crippen LogP) is 6.66. The van der Waals surface area contributed by atoms with E-state index < -0.39 is 128 Å². The molecule has 97 heavy (non-hydrogen) atoms. The molecule has 8 heterocycles. The zero-order valence-corrected chi connectivity index (χ0v) is 55.8. The first kappa shape index (κ1) is 70.1. The van der Waals surface area contributed by atoms with Gasteiger partial charge in [-0.15, -0.1) is 0 Å². The summed E-state index contributed by atoms with van der Waals surface area (Å²) in [5.74, 6) is 2.12. The van der Waals surface area contributed by atoms with Gasteiger partial charge < -0.3 is 64.0 Å². The van der Waals surface area contributed by atoms with Crippen LogP contribution in [-0.2, 0) is 85.8 Å². The van der Waals surface area contributed by atoms with Gasteiger partial charge in [-0.3, -0.25) is 46.9 Å². The summed E-state index contributed by atoms with van der Waals surface area (Å²) < 4.78 is 87.6. The molecule has 4 aromatic heterocycles. The molecule has 512 valence electrons. The normalized spacial score (nSPS) is 24.5. The average molecular weight is 1420 g/mol. The summed E-state index contributed by atoms with van der Waals surface area (Å²) in [6.45, 7) is -5.20. The number of anilines is 3. The molecule has 0 saturated carbocycles. The van der Waals surface area contributed by atoms with E-state index in [1.165, 1.54) is 11.9 Å². The summed E-state index contributed by atoms with van der Waals surface area (Å²) in [7, 11) is 1.49. The number of halogens is 2. The van der Waals surface area contributed by atoms with Crippen LogP contribution in [0.2, 0.25) is 0 Å². The van der Waals surface area contributed by atoms with Gasteiger partial charge in [0.1, 0.15) is 48.8 Å². The summed E-state index contributed by atoms with van der Waals surface area (Å²) >= 11 is 9.34. The first-order valence-electron chi connectivity index (χ1n) is 30.6.